The summed E-state index contributed by atoms with van der Waals surface area (Å²) < 4.78 is 8.15. The van der Waals surface area contributed by atoms with Crippen LogP contribution in [0.15, 0.2) is 71.5 Å². The summed E-state index contributed by atoms with van der Waals surface area (Å²) in [6.45, 7) is 0.691. The van der Waals surface area contributed by atoms with Gasteiger partial charge in [-0.1, -0.05) is 41.9 Å². The molecule has 1 N–H and O–H groups in total. The topological polar surface area (TPSA) is 30.1 Å². The lowest BCUT2D eigenvalue weighted by atomic mass is 10.1. The molecule has 1 unspecified atom stereocenters. The summed E-state index contributed by atoms with van der Waals surface area (Å²) >= 11 is 6.44. The number of nitrogens with zero attached hydrogens (tertiary/aromatic N) is 1. The molecule has 0 fully saturated rings. The van der Waals surface area contributed by atoms with Gasteiger partial charge in [0.05, 0.1) is 12.0 Å². The van der Waals surface area contributed by atoms with Crippen LogP contribution in [0.2, 0.25) is 5.02 Å². The Kier molecular flexibility index (Phi) is 3.05. The summed E-state index contributed by atoms with van der Waals surface area (Å²) in [7, 11) is 0. The first-order chi connectivity index (χ1) is 11.8. The van der Waals surface area contributed by atoms with Gasteiger partial charge in [-0.15, -0.1) is 0 Å². The van der Waals surface area contributed by atoms with Crippen molar-refractivity contribution in [1.29, 1.82) is 0 Å². The first kappa shape index (κ1) is 13.9. The number of rotatable bonds is 1. The normalized spacial score (nSPS) is 16.6. The van der Waals surface area contributed by atoms with E-state index in [1.165, 1.54) is 0 Å². The monoisotopic (exact) mass is 334 g/mol. The minimum atomic E-state index is -0.0247. The van der Waals surface area contributed by atoms with E-state index in [1.54, 1.807) is 0 Å². The van der Waals surface area contributed by atoms with Gasteiger partial charge in [0.25, 0.3) is 0 Å². The summed E-state index contributed by atoms with van der Waals surface area (Å²) in [5, 5.41) is 6.65. The standard InChI is InChI=1S/C20H15ClN2O/c21-16-7-3-8-17-15(16)11-22-19(18-9-4-10-23(17)18)20-14-6-2-1-5-13(14)12-24-20/h1-10,12,19,22H,11H2. The van der Waals surface area contributed by atoms with Crippen molar-refractivity contribution in [2.75, 3.05) is 0 Å². The molecule has 0 saturated heterocycles. The number of hydrogen-bond donors (Lipinski definition) is 1. The number of benzene rings is 2. The average Bonchev–Trinajstić information content (AvgIpc) is 3.21. The van der Waals surface area contributed by atoms with Crippen LogP contribution >= 0.6 is 11.6 Å². The highest BCUT2D eigenvalue weighted by atomic mass is 35.5. The van der Waals surface area contributed by atoms with Crippen molar-refractivity contribution >= 4 is 22.4 Å². The van der Waals surface area contributed by atoms with Gasteiger partial charge in [0.1, 0.15) is 11.8 Å². The molecule has 0 bridgehead atoms. The summed E-state index contributed by atoms with van der Waals surface area (Å²) in [6, 6.07) is 18.5. The third kappa shape index (κ3) is 1.95. The van der Waals surface area contributed by atoms with Crippen molar-refractivity contribution < 1.29 is 4.42 Å². The van der Waals surface area contributed by atoms with Gasteiger partial charge in [-0.05, 0) is 24.3 Å². The van der Waals surface area contributed by atoms with Crippen molar-refractivity contribution in [3.63, 3.8) is 0 Å². The number of aromatic nitrogens is 1. The molecule has 0 spiro atoms. The minimum absolute atomic E-state index is 0.0247. The van der Waals surface area contributed by atoms with E-state index in [0.29, 0.717) is 6.54 Å². The zero-order valence-electron chi connectivity index (χ0n) is 12.9. The van der Waals surface area contributed by atoms with Gasteiger partial charge >= 0.3 is 0 Å². The maximum absolute atomic E-state index is 6.44. The highest BCUT2D eigenvalue weighted by Gasteiger charge is 2.27. The van der Waals surface area contributed by atoms with Crippen LogP contribution in [0.4, 0.5) is 0 Å². The van der Waals surface area contributed by atoms with E-state index in [4.69, 9.17) is 16.0 Å². The smallest absolute Gasteiger partial charge is 0.134 e. The largest absolute Gasteiger partial charge is 0.466 e. The van der Waals surface area contributed by atoms with Crippen LogP contribution in [0, 0.1) is 0 Å². The lowest BCUT2D eigenvalue weighted by Gasteiger charge is -2.15. The second kappa shape index (κ2) is 5.26. The Hall–Kier alpha value is -2.49. The average molecular weight is 335 g/mol. The quantitative estimate of drug-likeness (QED) is 0.526. The van der Waals surface area contributed by atoms with Crippen LogP contribution in [0.3, 0.4) is 0 Å². The highest BCUT2D eigenvalue weighted by Crippen LogP contribution is 2.36. The molecule has 0 radical (unpaired) electrons. The lowest BCUT2D eigenvalue weighted by molar-refractivity contribution is 0.448. The zero-order chi connectivity index (χ0) is 16.1. The molecule has 1 aliphatic rings. The van der Waals surface area contributed by atoms with E-state index in [0.717, 1.165) is 38.5 Å². The van der Waals surface area contributed by atoms with Gasteiger partial charge in [0, 0.05) is 39.8 Å². The van der Waals surface area contributed by atoms with Crippen LogP contribution in [0.25, 0.3) is 16.5 Å². The highest BCUT2D eigenvalue weighted by molar-refractivity contribution is 6.31. The molecule has 1 atom stereocenters. The van der Waals surface area contributed by atoms with Crippen molar-refractivity contribution in [2.45, 2.75) is 12.6 Å². The van der Waals surface area contributed by atoms with Crippen LogP contribution < -0.4 is 5.32 Å². The van der Waals surface area contributed by atoms with Crippen LogP contribution in [-0.4, -0.2) is 4.57 Å². The predicted octanol–water partition coefficient (Wildman–Crippen LogP) is 5.07. The summed E-state index contributed by atoms with van der Waals surface area (Å²) in [6.07, 6.45) is 3.90. The lowest BCUT2D eigenvalue weighted by Crippen LogP contribution is -2.21. The van der Waals surface area contributed by atoms with Gasteiger partial charge in [0.15, 0.2) is 0 Å². The molecule has 118 valence electrons. The fourth-order valence-corrected chi connectivity index (χ4v) is 3.81. The molecule has 3 heterocycles. The van der Waals surface area contributed by atoms with Gasteiger partial charge in [0.2, 0.25) is 0 Å². The van der Waals surface area contributed by atoms with Gasteiger partial charge in [-0.2, -0.15) is 0 Å². The third-order valence-corrected chi connectivity index (χ3v) is 5.07. The molecule has 0 saturated carbocycles. The third-order valence-electron chi connectivity index (χ3n) is 4.71. The molecule has 3 nitrogen and oxygen atoms in total. The molecule has 0 amide bonds. The predicted molar refractivity (Wildman–Crippen MR) is 95.7 cm³/mol. The van der Waals surface area contributed by atoms with E-state index in [1.807, 2.05) is 30.5 Å². The molecule has 2 aromatic heterocycles. The number of halogens is 1. The second-order valence-corrected chi connectivity index (χ2v) is 6.45. The second-order valence-electron chi connectivity index (χ2n) is 6.04. The summed E-state index contributed by atoms with van der Waals surface area (Å²) in [5.41, 5.74) is 3.37. The first-order valence-electron chi connectivity index (χ1n) is 7.97. The number of furan rings is 1. The Morgan fingerprint density at radius 1 is 1.04 bits per heavy atom. The summed E-state index contributed by atoms with van der Waals surface area (Å²) in [4.78, 5) is 0. The van der Waals surface area contributed by atoms with Gasteiger partial charge < -0.3 is 8.98 Å². The molecule has 0 aliphatic carbocycles. The molecule has 24 heavy (non-hydrogen) atoms. The van der Waals surface area contributed by atoms with Gasteiger partial charge in [-0.25, -0.2) is 0 Å². The van der Waals surface area contributed by atoms with E-state index in [2.05, 4.69) is 46.4 Å². The maximum Gasteiger partial charge on any atom is 0.134 e. The van der Waals surface area contributed by atoms with Crippen LogP contribution in [-0.2, 0) is 6.54 Å². The number of hydrogen-bond acceptors (Lipinski definition) is 2. The fourth-order valence-electron chi connectivity index (χ4n) is 3.57. The summed E-state index contributed by atoms with van der Waals surface area (Å²) in [5.74, 6) is 0.939. The molecule has 5 rings (SSSR count). The minimum Gasteiger partial charge on any atom is -0.466 e. The van der Waals surface area contributed by atoms with Crippen molar-refractivity contribution in [3.8, 4) is 5.69 Å². The Morgan fingerprint density at radius 3 is 2.92 bits per heavy atom. The molecule has 1 aliphatic heterocycles. The van der Waals surface area contributed by atoms with E-state index in [-0.39, 0.29) is 6.04 Å². The first-order valence-corrected chi connectivity index (χ1v) is 8.35. The Bertz CT molecular complexity index is 1050. The Labute approximate surface area is 144 Å². The Balaban J connectivity index is 1.72. The van der Waals surface area contributed by atoms with E-state index >= 15 is 0 Å². The van der Waals surface area contributed by atoms with Crippen molar-refractivity contribution in [2.24, 2.45) is 0 Å². The van der Waals surface area contributed by atoms with Crippen LogP contribution in [0.5, 0.6) is 0 Å². The van der Waals surface area contributed by atoms with Crippen molar-refractivity contribution in [3.05, 3.63) is 89.1 Å². The number of nitrogens with one attached hydrogen (secondary N) is 1. The molecular weight excluding hydrogens is 320 g/mol. The van der Waals surface area contributed by atoms with E-state index in [9.17, 15) is 0 Å². The van der Waals surface area contributed by atoms with Crippen LogP contribution in [0.1, 0.15) is 23.1 Å². The zero-order valence-corrected chi connectivity index (χ0v) is 13.6. The number of fused-ring (bicyclic) bond motifs is 4. The van der Waals surface area contributed by atoms with Gasteiger partial charge in [-0.3, -0.25) is 5.32 Å². The Morgan fingerprint density at radius 2 is 1.96 bits per heavy atom. The molecule has 4 heteroatoms. The maximum atomic E-state index is 6.44. The SMILES string of the molecule is Clc1cccc2c1CNC(c1occ3ccccc13)c1cccn1-2. The van der Waals surface area contributed by atoms with Crippen molar-refractivity contribution in [1.82, 2.24) is 9.88 Å². The molecule has 2 aromatic carbocycles. The van der Waals surface area contributed by atoms with E-state index < -0.39 is 0 Å². The molecular formula is C20H15ClN2O. The molecule has 4 aromatic rings. The fraction of sp³-hybridized carbons (Fsp3) is 0.100.